The van der Waals surface area contributed by atoms with Gasteiger partial charge in [-0.1, -0.05) is 28.9 Å². The Morgan fingerprint density at radius 2 is 2.33 bits per heavy atom. The maximum atomic E-state index is 3.49. The van der Waals surface area contributed by atoms with Crippen LogP contribution in [0.1, 0.15) is 6.92 Å². The first-order chi connectivity index (χ1) is 4.27. The van der Waals surface area contributed by atoms with Crippen molar-refractivity contribution in [1.82, 2.24) is 5.32 Å². The summed E-state index contributed by atoms with van der Waals surface area (Å²) in [5.41, 5.74) is 0. The molecule has 1 heterocycles. The molecular formula is C7H9BrN. The van der Waals surface area contributed by atoms with Gasteiger partial charge in [-0.15, -0.1) is 0 Å². The Hall–Kier alpha value is -0.240. The molecule has 1 atom stereocenters. The lowest BCUT2D eigenvalue weighted by atomic mass is 10.2. The third kappa shape index (κ3) is 1.58. The van der Waals surface area contributed by atoms with Gasteiger partial charge in [-0.05, 0) is 24.8 Å². The van der Waals surface area contributed by atoms with Gasteiger partial charge >= 0.3 is 0 Å². The smallest absolute Gasteiger partial charge is 0.114 e. The second kappa shape index (κ2) is 2.56. The average Bonchev–Trinajstić information content (AvgIpc) is 1.90. The minimum atomic E-state index is -0.109. The van der Waals surface area contributed by atoms with Crippen LogP contribution in [-0.2, 0) is 0 Å². The van der Waals surface area contributed by atoms with E-state index in [1.54, 1.807) is 0 Å². The van der Waals surface area contributed by atoms with Gasteiger partial charge in [0.2, 0.25) is 0 Å². The van der Waals surface area contributed by atoms with E-state index in [4.69, 9.17) is 0 Å². The molecule has 0 aromatic carbocycles. The van der Waals surface area contributed by atoms with E-state index in [-0.39, 0.29) is 4.45 Å². The van der Waals surface area contributed by atoms with Gasteiger partial charge in [0.25, 0.3) is 0 Å². The summed E-state index contributed by atoms with van der Waals surface area (Å²) >= 11 is 3.49. The molecule has 1 aliphatic rings. The van der Waals surface area contributed by atoms with Crippen molar-refractivity contribution in [3.05, 3.63) is 30.8 Å². The Morgan fingerprint density at radius 1 is 1.56 bits per heavy atom. The molecule has 0 saturated heterocycles. The van der Waals surface area contributed by atoms with Crippen LogP contribution in [0.4, 0.5) is 0 Å². The first kappa shape index (κ1) is 6.87. The molecule has 2 heteroatoms. The highest BCUT2D eigenvalue weighted by molar-refractivity contribution is 9.10. The average molecular weight is 187 g/mol. The van der Waals surface area contributed by atoms with Crippen molar-refractivity contribution in [2.24, 2.45) is 0 Å². The van der Waals surface area contributed by atoms with Crippen molar-refractivity contribution in [2.45, 2.75) is 11.4 Å². The maximum Gasteiger partial charge on any atom is 0.114 e. The first-order valence-corrected chi connectivity index (χ1v) is 3.68. The van der Waals surface area contributed by atoms with Gasteiger partial charge in [0.05, 0.1) is 0 Å². The van der Waals surface area contributed by atoms with Crippen molar-refractivity contribution in [3.63, 3.8) is 0 Å². The summed E-state index contributed by atoms with van der Waals surface area (Å²) in [5.74, 6) is 0. The van der Waals surface area contributed by atoms with Crippen LogP contribution in [0, 0.1) is 6.42 Å². The van der Waals surface area contributed by atoms with Crippen LogP contribution in [0.15, 0.2) is 24.4 Å². The Labute approximate surface area is 64.0 Å². The standard InChI is InChI=1S/C7H9BrN/c1-2-7(8)5-3-4-6-9-7/h2-6,9H,1H3. The third-order valence-corrected chi connectivity index (χ3v) is 2.22. The minimum Gasteiger partial charge on any atom is -0.373 e. The fraction of sp³-hybridized carbons (Fsp3) is 0.286. The van der Waals surface area contributed by atoms with E-state index in [0.29, 0.717) is 0 Å². The van der Waals surface area contributed by atoms with Gasteiger partial charge in [0.1, 0.15) is 4.45 Å². The molecule has 1 nitrogen and oxygen atoms in total. The number of hydrogen-bond donors (Lipinski definition) is 1. The Morgan fingerprint density at radius 3 is 2.67 bits per heavy atom. The molecule has 0 aromatic rings. The molecule has 1 radical (unpaired) electrons. The second-order valence-electron chi connectivity index (χ2n) is 1.92. The summed E-state index contributed by atoms with van der Waals surface area (Å²) < 4.78 is -0.109. The molecule has 0 amide bonds. The summed E-state index contributed by atoms with van der Waals surface area (Å²) in [4.78, 5) is 0. The predicted molar refractivity (Wildman–Crippen MR) is 43.0 cm³/mol. The van der Waals surface area contributed by atoms with Gasteiger partial charge in [-0.2, -0.15) is 0 Å². The highest BCUT2D eigenvalue weighted by Gasteiger charge is 2.18. The largest absolute Gasteiger partial charge is 0.373 e. The number of allylic oxidation sites excluding steroid dienone is 2. The highest BCUT2D eigenvalue weighted by atomic mass is 79.9. The molecule has 49 valence electrons. The van der Waals surface area contributed by atoms with Gasteiger partial charge in [-0.3, -0.25) is 0 Å². The van der Waals surface area contributed by atoms with E-state index in [0.717, 1.165) is 0 Å². The zero-order valence-electron chi connectivity index (χ0n) is 5.26. The molecule has 1 aliphatic heterocycles. The highest BCUT2D eigenvalue weighted by Crippen LogP contribution is 2.21. The molecule has 0 fully saturated rings. The zero-order chi connectivity index (χ0) is 6.74. The lowest BCUT2D eigenvalue weighted by Crippen LogP contribution is -2.34. The quantitative estimate of drug-likeness (QED) is 0.488. The monoisotopic (exact) mass is 186 g/mol. The molecule has 1 unspecified atom stereocenters. The van der Waals surface area contributed by atoms with Gasteiger partial charge in [0.15, 0.2) is 0 Å². The molecule has 0 bridgehead atoms. The Kier molecular flexibility index (Phi) is 1.96. The maximum absolute atomic E-state index is 3.49. The summed E-state index contributed by atoms with van der Waals surface area (Å²) in [6, 6.07) is 0. The van der Waals surface area contributed by atoms with Crippen LogP contribution in [0.5, 0.6) is 0 Å². The van der Waals surface area contributed by atoms with Crippen LogP contribution >= 0.6 is 15.9 Å². The SMILES string of the molecule is C[CH]C1(Br)C=CC=CN1. The Bertz CT molecular complexity index is 151. The topological polar surface area (TPSA) is 12.0 Å². The van der Waals surface area contributed by atoms with Crippen LogP contribution in [0.3, 0.4) is 0 Å². The van der Waals surface area contributed by atoms with E-state index in [2.05, 4.69) is 21.2 Å². The number of halogens is 1. The summed E-state index contributed by atoms with van der Waals surface area (Å²) in [5, 5.41) is 3.14. The third-order valence-electron chi connectivity index (χ3n) is 1.27. The number of rotatable bonds is 1. The number of alkyl halides is 1. The predicted octanol–water partition coefficient (Wildman–Crippen LogP) is 1.97. The van der Waals surface area contributed by atoms with E-state index in [9.17, 15) is 0 Å². The Balaban J connectivity index is 2.63. The molecular weight excluding hydrogens is 178 g/mol. The van der Waals surface area contributed by atoms with E-state index in [1.165, 1.54) is 0 Å². The van der Waals surface area contributed by atoms with E-state index < -0.39 is 0 Å². The molecule has 0 saturated carbocycles. The number of dihydropyridines is 1. The lowest BCUT2D eigenvalue weighted by molar-refractivity contribution is 0.734. The molecule has 1 N–H and O–H groups in total. The molecule has 1 rings (SSSR count). The molecule has 0 aromatic heterocycles. The second-order valence-corrected chi connectivity index (χ2v) is 3.23. The van der Waals surface area contributed by atoms with Crippen molar-refractivity contribution in [3.8, 4) is 0 Å². The summed E-state index contributed by atoms with van der Waals surface area (Å²) in [6.45, 7) is 2.01. The number of nitrogens with one attached hydrogen (secondary N) is 1. The first-order valence-electron chi connectivity index (χ1n) is 2.88. The van der Waals surface area contributed by atoms with Crippen molar-refractivity contribution >= 4 is 15.9 Å². The van der Waals surface area contributed by atoms with Crippen molar-refractivity contribution in [2.75, 3.05) is 0 Å². The van der Waals surface area contributed by atoms with Crippen molar-refractivity contribution < 1.29 is 0 Å². The van der Waals surface area contributed by atoms with Crippen LogP contribution in [0.25, 0.3) is 0 Å². The summed E-state index contributed by atoms with van der Waals surface area (Å²) in [7, 11) is 0. The van der Waals surface area contributed by atoms with Gasteiger partial charge < -0.3 is 5.32 Å². The number of hydrogen-bond acceptors (Lipinski definition) is 1. The minimum absolute atomic E-state index is 0.109. The summed E-state index contributed by atoms with van der Waals surface area (Å²) in [6.07, 6.45) is 9.98. The van der Waals surface area contributed by atoms with E-state index >= 15 is 0 Å². The van der Waals surface area contributed by atoms with E-state index in [1.807, 2.05) is 37.8 Å². The fourth-order valence-corrected chi connectivity index (χ4v) is 0.939. The molecule has 0 aliphatic carbocycles. The van der Waals surface area contributed by atoms with Gasteiger partial charge in [0, 0.05) is 0 Å². The van der Waals surface area contributed by atoms with Gasteiger partial charge in [-0.25, -0.2) is 0 Å². The molecule has 9 heavy (non-hydrogen) atoms. The van der Waals surface area contributed by atoms with Crippen LogP contribution in [-0.4, -0.2) is 4.45 Å². The lowest BCUT2D eigenvalue weighted by Gasteiger charge is -2.23. The fourth-order valence-electron chi connectivity index (χ4n) is 0.655. The van der Waals surface area contributed by atoms with Crippen LogP contribution < -0.4 is 5.32 Å². The van der Waals surface area contributed by atoms with Crippen LogP contribution in [0.2, 0.25) is 0 Å². The zero-order valence-corrected chi connectivity index (χ0v) is 6.85. The normalized spacial score (nSPS) is 32.2. The van der Waals surface area contributed by atoms with Crippen molar-refractivity contribution in [1.29, 1.82) is 0 Å². The molecule has 0 spiro atoms.